The van der Waals surface area contributed by atoms with Crippen LogP contribution in [0.2, 0.25) is 0 Å². The van der Waals surface area contributed by atoms with E-state index in [1.165, 1.54) is 12.8 Å². The van der Waals surface area contributed by atoms with Crippen molar-refractivity contribution in [3.63, 3.8) is 0 Å². The van der Waals surface area contributed by atoms with Crippen LogP contribution in [0.1, 0.15) is 47.5 Å². The van der Waals surface area contributed by atoms with E-state index in [0.29, 0.717) is 5.92 Å². The number of thioether (sulfide) groups is 1. The Bertz CT molecular complexity index is 187. The van der Waals surface area contributed by atoms with Gasteiger partial charge in [-0.3, -0.25) is 0 Å². The van der Waals surface area contributed by atoms with Gasteiger partial charge in [0, 0.05) is 0 Å². The molecule has 0 nitrogen and oxygen atoms in total. The van der Waals surface area contributed by atoms with Gasteiger partial charge >= 0.3 is 0 Å². The van der Waals surface area contributed by atoms with Crippen LogP contribution in [0.25, 0.3) is 0 Å². The molecule has 0 aromatic heterocycles. The molecule has 0 aromatic carbocycles. The van der Waals surface area contributed by atoms with Crippen molar-refractivity contribution in [3.8, 4) is 0 Å². The highest BCUT2D eigenvalue weighted by Crippen LogP contribution is 2.30. The molecule has 0 atom stereocenters. The zero-order valence-corrected chi connectivity index (χ0v) is 10.4. The normalized spacial score (nSPS) is 14.0. The average Bonchev–Trinajstić information content (AvgIpc) is 2.05. The highest BCUT2D eigenvalue weighted by molar-refractivity contribution is 8.05. The lowest BCUT2D eigenvalue weighted by Crippen LogP contribution is -1.93. The number of hydrogen-bond donors (Lipinski definition) is 0. The Labute approximate surface area is 87.5 Å². The van der Waals surface area contributed by atoms with Gasteiger partial charge in [-0.2, -0.15) is 0 Å². The van der Waals surface area contributed by atoms with Gasteiger partial charge < -0.3 is 0 Å². The molecule has 76 valence electrons. The highest BCUT2D eigenvalue weighted by Gasteiger charge is 2.05. The fraction of sp³-hybridized carbons (Fsp3) is 0.667. The van der Waals surface area contributed by atoms with Crippen LogP contribution in [-0.4, -0.2) is 0 Å². The van der Waals surface area contributed by atoms with Gasteiger partial charge in [-0.05, 0) is 36.5 Å². The molecule has 0 aliphatic carbocycles. The summed E-state index contributed by atoms with van der Waals surface area (Å²) in [6.45, 7) is 11.1. The molecule has 0 spiro atoms. The van der Waals surface area contributed by atoms with Crippen LogP contribution in [0.15, 0.2) is 22.0 Å². The lowest BCUT2D eigenvalue weighted by atomic mass is 10.1. The van der Waals surface area contributed by atoms with Crippen LogP contribution in [0.3, 0.4) is 0 Å². The summed E-state index contributed by atoms with van der Waals surface area (Å²) in [4.78, 5) is 1.54. The van der Waals surface area contributed by atoms with Crippen LogP contribution in [0.5, 0.6) is 0 Å². The molecule has 0 aliphatic rings. The van der Waals surface area contributed by atoms with E-state index in [-0.39, 0.29) is 0 Å². The summed E-state index contributed by atoms with van der Waals surface area (Å²) in [6, 6.07) is 0. The third-order valence-corrected chi connectivity index (χ3v) is 3.38. The molecule has 0 saturated heterocycles. The molecule has 0 aliphatic heterocycles. The van der Waals surface area contributed by atoms with Crippen LogP contribution < -0.4 is 0 Å². The lowest BCUT2D eigenvalue weighted by Gasteiger charge is -2.12. The third-order valence-electron chi connectivity index (χ3n) is 1.90. The Kier molecular flexibility index (Phi) is 7.16. The van der Waals surface area contributed by atoms with E-state index in [0.717, 1.165) is 0 Å². The van der Waals surface area contributed by atoms with E-state index < -0.39 is 0 Å². The SMILES string of the molecule is C/C=C\S/C(=C(\C)CCC)C(C)C. The minimum absolute atomic E-state index is 0.660. The summed E-state index contributed by atoms with van der Waals surface area (Å²) in [6.07, 6.45) is 4.59. The van der Waals surface area contributed by atoms with Gasteiger partial charge in [0.1, 0.15) is 0 Å². The van der Waals surface area contributed by atoms with E-state index >= 15 is 0 Å². The largest absolute Gasteiger partial charge is 0.103 e. The minimum atomic E-state index is 0.660. The maximum absolute atomic E-state index is 2.27. The van der Waals surface area contributed by atoms with Gasteiger partial charge in [0.05, 0.1) is 0 Å². The van der Waals surface area contributed by atoms with E-state index in [4.69, 9.17) is 0 Å². The fourth-order valence-electron chi connectivity index (χ4n) is 1.37. The minimum Gasteiger partial charge on any atom is -0.103 e. The maximum Gasteiger partial charge on any atom is -0.00938 e. The fourth-order valence-corrected chi connectivity index (χ4v) is 2.23. The predicted octanol–water partition coefficient (Wildman–Crippen LogP) is 4.98. The molecule has 0 amide bonds. The first kappa shape index (κ1) is 12.8. The predicted molar refractivity (Wildman–Crippen MR) is 64.9 cm³/mol. The van der Waals surface area contributed by atoms with Crippen molar-refractivity contribution < 1.29 is 0 Å². The number of rotatable bonds is 5. The first-order chi connectivity index (χ1) is 6.13. The summed E-state index contributed by atoms with van der Waals surface area (Å²) in [5, 5.41) is 2.18. The maximum atomic E-state index is 2.27. The van der Waals surface area contributed by atoms with Crippen molar-refractivity contribution in [3.05, 3.63) is 22.0 Å². The molecule has 0 bridgehead atoms. The average molecular weight is 198 g/mol. The van der Waals surface area contributed by atoms with E-state index in [1.807, 2.05) is 11.8 Å². The summed E-state index contributed by atoms with van der Waals surface area (Å²) >= 11 is 1.88. The quantitative estimate of drug-likeness (QED) is 0.600. The molecule has 0 fully saturated rings. The molecule has 0 N–H and O–H groups in total. The van der Waals surface area contributed by atoms with Crippen molar-refractivity contribution in [2.24, 2.45) is 5.92 Å². The molecule has 0 rings (SSSR count). The Morgan fingerprint density at radius 1 is 1.38 bits per heavy atom. The molecule has 0 heterocycles. The second-order valence-corrected chi connectivity index (χ2v) is 4.58. The Hall–Kier alpha value is -0.170. The van der Waals surface area contributed by atoms with Gasteiger partial charge in [0.15, 0.2) is 0 Å². The van der Waals surface area contributed by atoms with Crippen molar-refractivity contribution in [1.82, 2.24) is 0 Å². The second-order valence-electron chi connectivity index (χ2n) is 3.64. The zero-order valence-electron chi connectivity index (χ0n) is 9.55. The van der Waals surface area contributed by atoms with E-state index in [2.05, 4.69) is 46.1 Å². The highest BCUT2D eigenvalue weighted by atomic mass is 32.2. The molecular weight excluding hydrogens is 176 g/mol. The second kappa shape index (κ2) is 7.25. The monoisotopic (exact) mass is 198 g/mol. The van der Waals surface area contributed by atoms with Gasteiger partial charge in [-0.25, -0.2) is 0 Å². The van der Waals surface area contributed by atoms with Gasteiger partial charge in [0.2, 0.25) is 0 Å². The lowest BCUT2D eigenvalue weighted by molar-refractivity contribution is 0.784. The summed E-state index contributed by atoms with van der Waals surface area (Å²) in [7, 11) is 0. The molecule has 13 heavy (non-hydrogen) atoms. The molecule has 0 unspecified atom stereocenters. The number of allylic oxidation sites excluding steroid dienone is 3. The summed E-state index contributed by atoms with van der Waals surface area (Å²) in [5.74, 6) is 0.660. The zero-order chi connectivity index (χ0) is 10.3. The van der Waals surface area contributed by atoms with Crippen LogP contribution in [0.4, 0.5) is 0 Å². The van der Waals surface area contributed by atoms with Crippen LogP contribution in [0, 0.1) is 5.92 Å². The number of hydrogen-bond acceptors (Lipinski definition) is 1. The van der Waals surface area contributed by atoms with Crippen molar-refractivity contribution in [2.45, 2.75) is 47.5 Å². The summed E-state index contributed by atoms with van der Waals surface area (Å²) < 4.78 is 0. The Morgan fingerprint density at radius 2 is 2.00 bits per heavy atom. The van der Waals surface area contributed by atoms with Gasteiger partial charge in [-0.1, -0.05) is 38.8 Å². The van der Waals surface area contributed by atoms with Gasteiger partial charge in [-0.15, -0.1) is 11.8 Å². The molecule has 0 radical (unpaired) electrons. The Balaban J connectivity index is 4.46. The van der Waals surface area contributed by atoms with Crippen molar-refractivity contribution >= 4 is 11.8 Å². The van der Waals surface area contributed by atoms with Gasteiger partial charge in [0.25, 0.3) is 0 Å². The standard InChI is InChI=1S/C12H22S/c1-6-8-11(5)12(10(3)4)13-9-7-2/h7,9-10H,6,8H2,1-5H3/b9-7-,12-11+. The molecule has 0 saturated carbocycles. The first-order valence-corrected chi connectivity index (χ1v) is 5.98. The smallest absolute Gasteiger partial charge is 0.00938 e. The van der Waals surface area contributed by atoms with E-state index in [9.17, 15) is 0 Å². The topological polar surface area (TPSA) is 0 Å². The summed E-state index contributed by atoms with van der Waals surface area (Å²) in [5.41, 5.74) is 1.56. The molecular formula is C12H22S. The third kappa shape index (κ3) is 5.20. The molecule has 1 heteroatoms. The van der Waals surface area contributed by atoms with Crippen LogP contribution >= 0.6 is 11.8 Å². The molecule has 0 aromatic rings. The van der Waals surface area contributed by atoms with E-state index in [1.54, 1.807) is 10.5 Å². The van der Waals surface area contributed by atoms with Crippen LogP contribution in [-0.2, 0) is 0 Å². The van der Waals surface area contributed by atoms with Crippen molar-refractivity contribution in [2.75, 3.05) is 0 Å². The Morgan fingerprint density at radius 3 is 2.38 bits per heavy atom. The first-order valence-electron chi connectivity index (χ1n) is 5.10. The van der Waals surface area contributed by atoms with Crippen molar-refractivity contribution in [1.29, 1.82) is 0 Å².